The number of carbonyl (C=O) groups is 2. The molecule has 2 aliphatic carbocycles. The van der Waals surface area contributed by atoms with Gasteiger partial charge >= 0.3 is 0 Å². The van der Waals surface area contributed by atoms with Crippen LogP contribution in [0.2, 0.25) is 0 Å². The van der Waals surface area contributed by atoms with Crippen molar-refractivity contribution in [2.24, 2.45) is 11.7 Å². The van der Waals surface area contributed by atoms with Crippen molar-refractivity contribution < 1.29 is 19.4 Å². The van der Waals surface area contributed by atoms with Gasteiger partial charge in [0, 0.05) is 36.7 Å². The number of aromatic hydroxyl groups is 1. The number of nitrogens with one attached hydrogen (secondary N) is 1. The molecule has 8 nitrogen and oxygen atoms in total. The van der Waals surface area contributed by atoms with Crippen molar-refractivity contribution in [1.82, 2.24) is 14.9 Å². The van der Waals surface area contributed by atoms with E-state index < -0.39 is 0 Å². The first-order valence-corrected chi connectivity index (χ1v) is 19.1. The van der Waals surface area contributed by atoms with E-state index in [-0.39, 0.29) is 46.6 Å². The zero-order chi connectivity index (χ0) is 32.3. The molecule has 246 valence electrons. The van der Waals surface area contributed by atoms with Crippen LogP contribution in [0.3, 0.4) is 0 Å². The number of carbonyl (C=O) groups excluding carboxylic acids is 2. The number of ketones is 2. The summed E-state index contributed by atoms with van der Waals surface area (Å²) in [4.78, 5) is 31.1. The summed E-state index contributed by atoms with van der Waals surface area (Å²) in [7, 11) is 5.34. The van der Waals surface area contributed by atoms with Gasteiger partial charge in [0.2, 0.25) is 0 Å². The van der Waals surface area contributed by atoms with E-state index in [9.17, 15) is 14.7 Å². The first-order valence-electron chi connectivity index (χ1n) is 16.7. The molecule has 0 saturated heterocycles. The largest absolute Gasteiger partial charge is 0.504 e. The van der Waals surface area contributed by atoms with Gasteiger partial charge in [0.15, 0.2) is 17.3 Å². The molecule has 46 heavy (non-hydrogen) atoms. The van der Waals surface area contributed by atoms with Crippen LogP contribution < -0.4 is 15.8 Å². The number of phenols is 1. The number of benzene rings is 1. The summed E-state index contributed by atoms with van der Waals surface area (Å²) in [6.07, 6.45) is 20.8. The molecular formula is C36H46N4O4S2. The van der Waals surface area contributed by atoms with Crippen molar-refractivity contribution in [2.75, 3.05) is 12.9 Å². The van der Waals surface area contributed by atoms with Crippen molar-refractivity contribution in [1.29, 1.82) is 0 Å². The number of methoxy groups -OCH3 is 1. The lowest BCUT2D eigenvalue weighted by Gasteiger charge is -2.46. The Morgan fingerprint density at radius 2 is 1.98 bits per heavy atom. The molecule has 3 heterocycles. The summed E-state index contributed by atoms with van der Waals surface area (Å²) in [6, 6.07) is 3.58. The Hall–Kier alpha value is -2.95. The molecule has 2 aromatic rings. The van der Waals surface area contributed by atoms with Gasteiger partial charge in [0.25, 0.3) is 0 Å². The lowest BCUT2D eigenvalue weighted by atomic mass is 9.74. The first kappa shape index (κ1) is 33.0. The fourth-order valence-corrected chi connectivity index (χ4v) is 11.4. The van der Waals surface area contributed by atoms with Gasteiger partial charge in [-0.05, 0) is 84.1 Å². The van der Waals surface area contributed by atoms with Gasteiger partial charge in [0.05, 0.1) is 36.8 Å². The maximum absolute atomic E-state index is 13.5. The van der Waals surface area contributed by atoms with Crippen LogP contribution in [0.25, 0.3) is 6.08 Å². The lowest BCUT2D eigenvalue weighted by Crippen LogP contribution is -2.51. The van der Waals surface area contributed by atoms with Gasteiger partial charge in [-0.1, -0.05) is 60.3 Å². The number of aromatic nitrogens is 2. The molecule has 2 aliphatic heterocycles. The predicted molar refractivity (Wildman–Crippen MR) is 187 cm³/mol. The van der Waals surface area contributed by atoms with Gasteiger partial charge in [-0.15, -0.1) is 0 Å². The molecular weight excluding hydrogens is 617 g/mol. The highest BCUT2D eigenvalue weighted by atomic mass is 33.1. The smallest absolute Gasteiger partial charge is 0.166 e. The summed E-state index contributed by atoms with van der Waals surface area (Å²) < 4.78 is 7.80. The van der Waals surface area contributed by atoms with E-state index in [0.29, 0.717) is 36.5 Å². The summed E-state index contributed by atoms with van der Waals surface area (Å²) >= 11 is 0. The molecule has 4 atom stereocenters. The normalized spacial score (nSPS) is 27.3. The van der Waals surface area contributed by atoms with Gasteiger partial charge in [0.1, 0.15) is 5.78 Å². The Morgan fingerprint density at radius 1 is 1.15 bits per heavy atom. The molecule has 0 spiro atoms. The highest BCUT2D eigenvalue weighted by Crippen LogP contribution is 2.51. The van der Waals surface area contributed by atoms with Crippen LogP contribution in [0.1, 0.15) is 94.6 Å². The first-order chi connectivity index (χ1) is 22.3. The third kappa shape index (κ3) is 6.71. The fourth-order valence-electron chi connectivity index (χ4n) is 7.67. The Balaban J connectivity index is 1.48. The number of Topliss-reactive ketones (excluding diaryl/α,β-unsaturated/α-hetero) is 2. The Labute approximate surface area is 280 Å². The number of fused-ring (bicyclic) bond motifs is 7. The van der Waals surface area contributed by atoms with Crippen LogP contribution in [0, 0.1) is 5.92 Å². The number of dihydropyridines is 1. The molecule has 0 amide bonds. The number of rotatable bonds is 4. The van der Waals surface area contributed by atoms with Crippen molar-refractivity contribution in [2.45, 2.75) is 100 Å². The van der Waals surface area contributed by atoms with E-state index in [1.807, 2.05) is 46.4 Å². The van der Waals surface area contributed by atoms with Crippen molar-refractivity contribution >= 4 is 39.2 Å². The third-order valence-corrected chi connectivity index (χ3v) is 13.5. The van der Waals surface area contributed by atoms with Crippen molar-refractivity contribution in [3.63, 3.8) is 0 Å². The van der Waals surface area contributed by atoms with Crippen LogP contribution in [-0.4, -0.2) is 50.5 Å². The van der Waals surface area contributed by atoms with Crippen LogP contribution in [0.5, 0.6) is 11.5 Å². The molecule has 10 heteroatoms. The average molecular weight is 663 g/mol. The summed E-state index contributed by atoms with van der Waals surface area (Å²) in [6.45, 7) is 2.19. The highest BCUT2D eigenvalue weighted by molar-refractivity contribution is 8.77. The number of hydrogen-bond donors (Lipinski definition) is 3. The summed E-state index contributed by atoms with van der Waals surface area (Å²) in [5, 5.41) is 14.5. The minimum Gasteiger partial charge on any atom is -0.504 e. The Kier molecular flexibility index (Phi) is 10.3. The van der Waals surface area contributed by atoms with Gasteiger partial charge < -0.3 is 25.5 Å². The molecule has 4 aliphatic rings. The minimum absolute atomic E-state index is 0.00685. The predicted octanol–water partition coefficient (Wildman–Crippen LogP) is 7.01. The number of allylic oxidation sites excluding steroid dienone is 3. The molecule has 4 N–H and O–H groups in total. The number of imidazole rings is 1. The van der Waals surface area contributed by atoms with Crippen LogP contribution in [0.4, 0.5) is 0 Å². The molecule has 1 aromatic heterocycles. The van der Waals surface area contributed by atoms with Crippen LogP contribution >= 0.6 is 21.6 Å². The molecule has 4 bridgehead atoms. The molecule has 1 fully saturated rings. The van der Waals surface area contributed by atoms with Crippen LogP contribution in [0.15, 0.2) is 59.8 Å². The highest BCUT2D eigenvalue weighted by Gasteiger charge is 2.45. The maximum Gasteiger partial charge on any atom is 0.166 e. The second-order valence-electron chi connectivity index (χ2n) is 13.2. The van der Waals surface area contributed by atoms with Gasteiger partial charge in [-0.3, -0.25) is 9.59 Å². The molecule has 1 saturated carbocycles. The lowest BCUT2D eigenvalue weighted by molar-refractivity contribution is -0.125. The number of nitrogens with zero attached hydrogens (tertiary/aromatic N) is 2. The van der Waals surface area contributed by atoms with E-state index in [2.05, 4.69) is 34.1 Å². The van der Waals surface area contributed by atoms with Crippen molar-refractivity contribution in [3.8, 4) is 11.5 Å². The SMILES string of the molecule is CC[C@H]1CCC(=O)CC(=O)C2=Cc3cc(OC)c(O)cc3[C@H](CC2)C2=CNC(N)C(=C2)[C@@H](C2(n3ccnc3)CCCCC2)SSC1. The zero-order valence-corrected chi connectivity index (χ0v) is 28.5. The molecule has 6 rings (SSSR count). The molecule has 1 aromatic carbocycles. The number of phenolic OH excluding ortho intramolecular Hbond substituents is 1. The van der Waals surface area contributed by atoms with E-state index >= 15 is 0 Å². The topological polar surface area (TPSA) is 119 Å². The fraction of sp³-hybridized carbons (Fsp3) is 0.528. The number of hydrogen-bond acceptors (Lipinski definition) is 9. The zero-order valence-electron chi connectivity index (χ0n) is 26.9. The van der Waals surface area contributed by atoms with Gasteiger partial charge in [-0.25, -0.2) is 4.98 Å². The average Bonchev–Trinajstić information content (AvgIpc) is 3.55. The standard InChI is InChI=1S/C36H46N4O4S2/c1-3-23-7-9-27(41)18-31(42)24-8-10-28(29-19-32(43)33(44-2)17-25(29)15-24)26-16-30(35(37)39-20-26)34(46-45-21-23)36(11-5-4-6-12-36)40-14-13-38-22-40/h13-17,19-20,22-23,28,34-35,39,43H,3-12,18,21,37H2,1-2H3/t23-,28+,34-,35?/m0/s1. The Morgan fingerprint density at radius 3 is 2.72 bits per heavy atom. The summed E-state index contributed by atoms with van der Waals surface area (Å²) in [5.74, 6) is 1.53. The number of nitrogens with two attached hydrogens (primary N) is 1. The van der Waals surface area contributed by atoms with E-state index in [4.69, 9.17) is 10.5 Å². The quantitative estimate of drug-likeness (QED) is 0.235. The number of ether oxygens (including phenoxy) is 1. The Bertz CT molecular complexity index is 1530. The molecule has 0 radical (unpaired) electrons. The van der Waals surface area contributed by atoms with Gasteiger partial charge in [-0.2, -0.15) is 0 Å². The molecule has 1 unspecified atom stereocenters. The minimum atomic E-state index is -0.351. The van der Waals surface area contributed by atoms with E-state index in [1.54, 1.807) is 12.1 Å². The second-order valence-corrected chi connectivity index (χ2v) is 15.7. The monoisotopic (exact) mass is 662 g/mol. The second kappa shape index (κ2) is 14.4. The van der Waals surface area contributed by atoms with Crippen LogP contribution in [-0.2, 0) is 15.1 Å². The third-order valence-electron chi connectivity index (χ3n) is 10.4. The van der Waals surface area contributed by atoms with E-state index in [1.165, 1.54) is 13.5 Å². The van der Waals surface area contributed by atoms with Crippen molar-refractivity contribution in [3.05, 3.63) is 71.0 Å². The summed E-state index contributed by atoms with van der Waals surface area (Å²) in [5.41, 5.74) is 11.4. The van der Waals surface area contributed by atoms with E-state index in [0.717, 1.165) is 66.6 Å². The maximum atomic E-state index is 13.5.